The summed E-state index contributed by atoms with van der Waals surface area (Å²) in [5, 5.41) is 4.29. The summed E-state index contributed by atoms with van der Waals surface area (Å²) in [5.41, 5.74) is 12.6. The quantitative estimate of drug-likeness (QED) is 0.563. The van der Waals surface area contributed by atoms with Crippen LogP contribution in [0.3, 0.4) is 0 Å². The van der Waals surface area contributed by atoms with Crippen LogP contribution in [0.5, 0.6) is 0 Å². The van der Waals surface area contributed by atoms with E-state index in [2.05, 4.69) is 25.8 Å². The first-order valence-corrected chi connectivity index (χ1v) is 10.4. The standard InChI is InChI=1S/C20H23N5O3S/c21-19(27)20(6-12-28-13-7-20)29-24-10-8-23(9-11-24)17-14-18(26)25(22-15-17)16-4-2-1-3-5-16/h1-2,4,14-15H,6-13H2,(H2,21,27). The van der Waals surface area contributed by atoms with Crippen LogP contribution < -0.4 is 16.2 Å². The average molecular weight is 414 g/mol. The van der Waals surface area contributed by atoms with E-state index in [9.17, 15) is 9.59 Å². The second-order valence-electron chi connectivity index (χ2n) is 7.12. The first-order chi connectivity index (χ1) is 14.1. The Bertz CT molecular complexity index is 974. The molecule has 2 aliphatic heterocycles. The van der Waals surface area contributed by atoms with E-state index in [1.165, 1.54) is 4.68 Å². The molecule has 3 aliphatic rings. The molecule has 0 radical (unpaired) electrons. The number of carbonyl (C=O) groups excluding carboxylic acids is 1. The molecule has 2 N–H and O–H groups in total. The van der Waals surface area contributed by atoms with Gasteiger partial charge in [0.2, 0.25) is 5.91 Å². The SMILES string of the molecule is NC(=O)C1(SN2CCN(c3cnn(C4=C=C=CC=C4)c(=O)c3)CC2)CCOCC1. The summed E-state index contributed by atoms with van der Waals surface area (Å²) in [4.78, 5) is 26.7. The second kappa shape index (κ2) is 8.45. The van der Waals surface area contributed by atoms with Crippen molar-refractivity contribution in [1.29, 1.82) is 0 Å². The van der Waals surface area contributed by atoms with E-state index in [0.717, 1.165) is 31.9 Å². The summed E-state index contributed by atoms with van der Waals surface area (Å²) < 4.78 is 8.34. The van der Waals surface area contributed by atoms with E-state index in [-0.39, 0.29) is 11.5 Å². The van der Waals surface area contributed by atoms with Crippen molar-refractivity contribution in [3.8, 4) is 0 Å². The van der Waals surface area contributed by atoms with Crippen LogP contribution in [0.15, 0.2) is 46.7 Å². The highest BCUT2D eigenvalue weighted by Crippen LogP contribution is 2.38. The molecule has 2 saturated heterocycles. The molecule has 0 saturated carbocycles. The van der Waals surface area contributed by atoms with Crippen LogP contribution in [0.2, 0.25) is 0 Å². The minimum atomic E-state index is -0.578. The molecule has 4 rings (SSSR count). The lowest BCUT2D eigenvalue weighted by Gasteiger charge is -2.41. The van der Waals surface area contributed by atoms with Crippen LogP contribution in [0, 0.1) is 0 Å². The lowest BCUT2D eigenvalue weighted by atomic mass is 9.98. The molecule has 1 aromatic heterocycles. The van der Waals surface area contributed by atoms with Gasteiger partial charge in [0.05, 0.1) is 11.9 Å². The molecule has 8 nitrogen and oxygen atoms in total. The third-order valence-corrected chi connectivity index (χ3v) is 6.89. The van der Waals surface area contributed by atoms with Crippen molar-refractivity contribution in [1.82, 2.24) is 14.1 Å². The number of piperazine rings is 1. The monoisotopic (exact) mass is 413 g/mol. The van der Waals surface area contributed by atoms with Gasteiger partial charge in [-0.15, -0.1) is 0 Å². The molecule has 0 spiro atoms. The Morgan fingerprint density at radius 2 is 2.00 bits per heavy atom. The third kappa shape index (κ3) is 4.24. The highest BCUT2D eigenvalue weighted by Gasteiger charge is 2.41. The number of carbonyl (C=O) groups is 1. The number of ether oxygens (including phenoxy) is 1. The van der Waals surface area contributed by atoms with Crippen molar-refractivity contribution in [3.63, 3.8) is 0 Å². The number of hydrogen-bond acceptors (Lipinski definition) is 7. The fraction of sp³-hybridized carbons (Fsp3) is 0.450. The fourth-order valence-corrected chi connectivity index (χ4v) is 4.87. The Kier molecular flexibility index (Phi) is 5.76. The maximum Gasteiger partial charge on any atom is 0.274 e. The topological polar surface area (TPSA) is 93.7 Å². The van der Waals surface area contributed by atoms with Gasteiger partial charge in [-0.2, -0.15) is 9.78 Å². The van der Waals surface area contributed by atoms with Crippen LogP contribution in [-0.2, 0) is 9.53 Å². The molecule has 0 bridgehead atoms. The molecule has 2 fully saturated rings. The Morgan fingerprint density at radius 3 is 2.62 bits per heavy atom. The Morgan fingerprint density at radius 1 is 1.24 bits per heavy atom. The summed E-state index contributed by atoms with van der Waals surface area (Å²) in [6.07, 6.45) is 8.28. The molecular formula is C20H23N5O3S. The highest BCUT2D eigenvalue weighted by molar-refractivity contribution is 7.99. The number of allylic oxidation sites excluding steroid dienone is 4. The Hall–Kier alpha value is -2.54. The van der Waals surface area contributed by atoms with Crippen LogP contribution in [-0.4, -0.2) is 64.1 Å². The highest BCUT2D eigenvalue weighted by atomic mass is 32.2. The predicted molar refractivity (Wildman–Crippen MR) is 112 cm³/mol. The van der Waals surface area contributed by atoms with Crippen molar-refractivity contribution in [3.05, 3.63) is 52.3 Å². The number of anilines is 1. The maximum atomic E-state index is 12.5. The van der Waals surface area contributed by atoms with Gasteiger partial charge in [0.1, 0.15) is 10.4 Å². The van der Waals surface area contributed by atoms with Gasteiger partial charge < -0.3 is 15.4 Å². The molecule has 0 unspecified atom stereocenters. The molecule has 1 aromatic rings. The first-order valence-electron chi connectivity index (χ1n) is 9.62. The molecule has 0 aromatic carbocycles. The number of amides is 1. The van der Waals surface area contributed by atoms with Gasteiger partial charge in [-0.25, -0.2) is 4.31 Å². The summed E-state index contributed by atoms with van der Waals surface area (Å²) >= 11 is 1.56. The van der Waals surface area contributed by atoms with Crippen LogP contribution in [0.25, 0.3) is 5.70 Å². The maximum absolute atomic E-state index is 12.5. The third-order valence-electron chi connectivity index (χ3n) is 5.30. The van der Waals surface area contributed by atoms with Crippen LogP contribution >= 0.6 is 11.9 Å². The van der Waals surface area contributed by atoms with Gasteiger partial charge in [0.15, 0.2) is 0 Å². The van der Waals surface area contributed by atoms with Gasteiger partial charge in [-0.05, 0) is 30.7 Å². The fourth-order valence-electron chi connectivity index (χ4n) is 3.59. The van der Waals surface area contributed by atoms with Crippen molar-refractivity contribution in [2.75, 3.05) is 44.3 Å². The van der Waals surface area contributed by atoms with Crippen LogP contribution in [0.1, 0.15) is 12.8 Å². The van der Waals surface area contributed by atoms with E-state index < -0.39 is 4.75 Å². The van der Waals surface area contributed by atoms with Crippen molar-refractivity contribution in [2.45, 2.75) is 17.6 Å². The zero-order valence-electron chi connectivity index (χ0n) is 16.0. The van der Waals surface area contributed by atoms with Crippen LogP contribution in [0.4, 0.5) is 5.69 Å². The van der Waals surface area contributed by atoms with Gasteiger partial charge in [-0.3, -0.25) is 9.59 Å². The Labute approximate surface area is 173 Å². The van der Waals surface area contributed by atoms with Crippen molar-refractivity contribution < 1.29 is 9.53 Å². The van der Waals surface area contributed by atoms with Gasteiger partial charge in [0, 0.05) is 45.5 Å². The molecule has 0 atom stereocenters. The van der Waals surface area contributed by atoms with Gasteiger partial charge in [0.25, 0.3) is 5.56 Å². The molecular weight excluding hydrogens is 390 g/mol. The Balaban J connectivity index is 1.41. The van der Waals surface area contributed by atoms with Gasteiger partial charge in [-0.1, -0.05) is 23.8 Å². The number of primary amides is 1. The second-order valence-corrected chi connectivity index (χ2v) is 8.60. The van der Waals surface area contributed by atoms with Crippen molar-refractivity contribution >= 4 is 29.2 Å². The minimum absolute atomic E-state index is 0.204. The summed E-state index contributed by atoms with van der Waals surface area (Å²) in [7, 11) is 0. The summed E-state index contributed by atoms with van der Waals surface area (Å²) in [6, 6.07) is 1.60. The van der Waals surface area contributed by atoms with E-state index in [1.807, 2.05) is 0 Å². The molecule has 1 amide bonds. The first kappa shape index (κ1) is 19.8. The number of nitrogens with two attached hydrogens (primary N) is 1. The van der Waals surface area contributed by atoms with E-state index >= 15 is 0 Å². The largest absolute Gasteiger partial charge is 0.381 e. The molecule has 29 heavy (non-hydrogen) atoms. The predicted octanol–water partition coefficient (Wildman–Crippen LogP) is 0.769. The van der Waals surface area contributed by atoms with E-state index in [0.29, 0.717) is 31.8 Å². The van der Waals surface area contributed by atoms with Crippen molar-refractivity contribution in [2.24, 2.45) is 5.73 Å². The number of nitrogens with zero attached hydrogens (tertiary/aromatic N) is 4. The minimum Gasteiger partial charge on any atom is -0.381 e. The molecule has 3 heterocycles. The number of hydrogen-bond donors (Lipinski definition) is 1. The number of rotatable bonds is 5. The normalized spacial score (nSPS) is 21.2. The lowest BCUT2D eigenvalue weighted by Crippen LogP contribution is -2.51. The number of aromatic nitrogens is 2. The summed E-state index contributed by atoms with van der Waals surface area (Å²) in [6.45, 7) is 4.16. The summed E-state index contributed by atoms with van der Waals surface area (Å²) in [5.74, 6) is -0.268. The lowest BCUT2D eigenvalue weighted by molar-refractivity contribution is -0.122. The smallest absolute Gasteiger partial charge is 0.274 e. The van der Waals surface area contributed by atoms with E-state index in [4.69, 9.17) is 10.5 Å². The molecule has 1 aliphatic carbocycles. The zero-order valence-corrected chi connectivity index (χ0v) is 16.9. The average Bonchev–Trinajstić information content (AvgIpc) is 2.75. The molecule has 152 valence electrons. The molecule has 9 heteroatoms. The van der Waals surface area contributed by atoms with E-state index in [1.54, 1.807) is 42.4 Å². The zero-order chi connectivity index (χ0) is 20.3. The van der Waals surface area contributed by atoms with Gasteiger partial charge >= 0.3 is 0 Å².